The monoisotopic (exact) mass is 482 g/mol. The van der Waals surface area contributed by atoms with E-state index >= 15 is 0 Å². The van der Waals surface area contributed by atoms with E-state index in [9.17, 15) is 32.6 Å². The lowest BCUT2D eigenvalue weighted by molar-refractivity contribution is -0.139. The molecule has 0 bridgehead atoms. The molecule has 10 heteroatoms. The normalized spacial score (nSPS) is 12.3. The molecule has 0 saturated carbocycles. The molecule has 8 nitrogen and oxygen atoms in total. The predicted molar refractivity (Wildman–Crippen MR) is 118 cm³/mol. The van der Waals surface area contributed by atoms with Gasteiger partial charge in [-0.15, -0.1) is 0 Å². The highest BCUT2D eigenvalue weighted by Crippen LogP contribution is 2.33. The summed E-state index contributed by atoms with van der Waals surface area (Å²) in [5, 5.41) is 20.6. The molecule has 0 radical (unpaired) electrons. The van der Waals surface area contributed by atoms with Crippen LogP contribution in [0.2, 0.25) is 0 Å². The first-order chi connectivity index (χ1) is 15.5. The van der Waals surface area contributed by atoms with Crippen LogP contribution in [-0.2, 0) is 32.2 Å². The Morgan fingerprint density at radius 3 is 2.45 bits per heavy atom. The summed E-state index contributed by atoms with van der Waals surface area (Å²) in [5.74, 6) is -2.56. The van der Waals surface area contributed by atoms with Gasteiger partial charge in [-0.1, -0.05) is 19.4 Å². The zero-order valence-electron chi connectivity index (χ0n) is 18.6. The molecule has 0 fully saturated rings. The van der Waals surface area contributed by atoms with Gasteiger partial charge < -0.3 is 19.7 Å². The van der Waals surface area contributed by atoms with Gasteiger partial charge in [-0.3, -0.25) is 9.59 Å². The number of aliphatic hydroxyl groups excluding tert-OH is 1. The van der Waals surface area contributed by atoms with Crippen LogP contribution in [0, 0.1) is 5.82 Å². The lowest BCUT2D eigenvalue weighted by atomic mass is 10.0. The number of phenols is 1. The van der Waals surface area contributed by atoms with Gasteiger partial charge in [0.15, 0.2) is 15.6 Å². The number of aromatic hydroxyl groups is 1. The van der Waals surface area contributed by atoms with E-state index in [4.69, 9.17) is 4.74 Å². The number of carbonyl (C=O) groups excluding carboxylic acids is 2. The Kier molecular flexibility index (Phi) is 8.95. The van der Waals surface area contributed by atoms with E-state index in [-0.39, 0.29) is 39.7 Å². The van der Waals surface area contributed by atoms with Gasteiger partial charge >= 0.3 is 5.97 Å². The molecule has 0 aliphatic heterocycles. The molecule has 33 heavy (non-hydrogen) atoms. The van der Waals surface area contributed by atoms with E-state index in [1.165, 1.54) is 25.1 Å². The molecule has 0 saturated heterocycles. The highest BCUT2D eigenvalue weighted by molar-refractivity contribution is 7.91. The first kappa shape index (κ1) is 26.3. The van der Waals surface area contributed by atoms with Crippen LogP contribution in [0.15, 0.2) is 35.2 Å². The summed E-state index contributed by atoms with van der Waals surface area (Å²) in [7, 11) is -2.90. The summed E-state index contributed by atoms with van der Waals surface area (Å²) in [6.07, 6.45) is -0.723. The largest absolute Gasteiger partial charge is 0.507 e. The van der Waals surface area contributed by atoms with Crippen molar-refractivity contribution in [1.29, 1.82) is 0 Å². The first-order valence-corrected chi connectivity index (χ1v) is 11.9. The number of carbonyl (C=O) groups is 2. The summed E-state index contributed by atoms with van der Waals surface area (Å²) >= 11 is 0. The van der Waals surface area contributed by atoms with Gasteiger partial charge in [0, 0.05) is 5.56 Å². The van der Waals surface area contributed by atoms with Crippen molar-refractivity contribution in [3.05, 3.63) is 52.8 Å². The summed E-state index contributed by atoms with van der Waals surface area (Å²) < 4.78 is 49.4. The lowest BCUT2D eigenvalue weighted by Crippen LogP contribution is -2.27. The van der Waals surface area contributed by atoms with Gasteiger partial charge in [0.2, 0.25) is 0 Å². The number of sulfone groups is 1. The minimum absolute atomic E-state index is 0.0121. The third-order valence-electron chi connectivity index (χ3n) is 4.91. The molecule has 0 amide bonds. The molecule has 1 atom stereocenters. The van der Waals surface area contributed by atoms with Crippen LogP contribution in [0.25, 0.3) is 0 Å². The summed E-state index contributed by atoms with van der Waals surface area (Å²) in [6.45, 7) is 2.79. The van der Waals surface area contributed by atoms with Crippen LogP contribution in [0.3, 0.4) is 0 Å². The molecule has 0 aliphatic rings. The molecule has 0 spiro atoms. The van der Waals surface area contributed by atoms with Crippen LogP contribution in [-0.4, -0.2) is 56.0 Å². The molecule has 0 aliphatic carbocycles. The summed E-state index contributed by atoms with van der Waals surface area (Å²) in [4.78, 5) is 22.6. The minimum atomic E-state index is -4.06. The van der Waals surface area contributed by atoms with Gasteiger partial charge in [-0.05, 0) is 43.2 Å². The van der Waals surface area contributed by atoms with Crippen molar-refractivity contribution in [2.75, 3.05) is 19.5 Å². The topological polar surface area (TPSA) is 127 Å². The van der Waals surface area contributed by atoms with Gasteiger partial charge in [0.05, 0.1) is 29.7 Å². The zero-order chi connectivity index (χ0) is 24.8. The van der Waals surface area contributed by atoms with Gasteiger partial charge in [0.1, 0.15) is 30.0 Å². The van der Waals surface area contributed by atoms with Crippen molar-refractivity contribution >= 4 is 21.6 Å². The Bertz CT molecular complexity index is 1130. The molecular weight excluding hydrogens is 455 g/mol. The Labute approximate surface area is 191 Å². The van der Waals surface area contributed by atoms with Crippen molar-refractivity contribution in [2.45, 2.75) is 44.1 Å². The highest BCUT2D eigenvalue weighted by atomic mass is 32.2. The maximum atomic E-state index is 14.2. The van der Waals surface area contributed by atoms with Crippen molar-refractivity contribution in [1.82, 2.24) is 0 Å². The fraction of sp³-hybridized carbons (Fsp3) is 0.391. The van der Waals surface area contributed by atoms with Gasteiger partial charge in [0.25, 0.3) is 0 Å². The number of ether oxygens (including phenoxy) is 2. The average Bonchev–Trinajstić information content (AvgIpc) is 2.74. The quantitative estimate of drug-likeness (QED) is 0.370. The molecule has 2 rings (SSSR count). The average molecular weight is 483 g/mol. The standard InChI is InChI=1S/C23H27FO8S/c1-4-5-19-21(9-8-18(14(2)25)23(19)28)32-12-16(26)13-33(29,30)17-7-6-15(20(24)11-17)10-22(27)31-3/h6-9,11,16,26,28H,4-5,10,12-13H2,1-3H3. The highest BCUT2D eigenvalue weighted by Gasteiger charge is 2.23. The molecular formula is C23H27FO8S. The third kappa shape index (κ3) is 6.75. The predicted octanol–water partition coefficient (Wildman–Crippen LogP) is 2.62. The van der Waals surface area contributed by atoms with Crippen LogP contribution in [0.1, 0.15) is 41.8 Å². The van der Waals surface area contributed by atoms with E-state index in [1.54, 1.807) is 0 Å². The summed E-state index contributed by atoms with van der Waals surface area (Å²) in [5.41, 5.74) is 0.525. The van der Waals surface area contributed by atoms with Crippen LogP contribution in [0.4, 0.5) is 4.39 Å². The SMILES string of the molecule is CCCc1c(OCC(O)CS(=O)(=O)c2ccc(CC(=O)OC)c(F)c2)ccc(C(C)=O)c1O. The number of benzene rings is 2. The number of aliphatic hydroxyl groups is 1. The number of hydrogen-bond donors (Lipinski definition) is 2. The fourth-order valence-corrected chi connectivity index (χ4v) is 4.56. The lowest BCUT2D eigenvalue weighted by Gasteiger charge is -2.17. The minimum Gasteiger partial charge on any atom is -0.507 e. The van der Waals surface area contributed by atoms with E-state index in [2.05, 4.69) is 4.74 Å². The number of esters is 1. The molecule has 1 unspecified atom stereocenters. The second-order valence-corrected chi connectivity index (χ2v) is 9.53. The second-order valence-electron chi connectivity index (χ2n) is 7.50. The van der Waals surface area contributed by atoms with Crippen molar-refractivity contribution in [2.24, 2.45) is 0 Å². The third-order valence-corrected chi connectivity index (χ3v) is 6.70. The Balaban J connectivity index is 2.12. The van der Waals surface area contributed by atoms with Crippen molar-refractivity contribution < 1.29 is 42.1 Å². The number of phenolic OH excluding ortho intramolecular Hbond substituents is 1. The molecule has 2 aromatic carbocycles. The van der Waals surface area contributed by atoms with Crippen LogP contribution in [0.5, 0.6) is 11.5 Å². The second kappa shape index (κ2) is 11.2. The summed E-state index contributed by atoms with van der Waals surface area (Å²) in [6, 6.07) is 6.01. The van der Waals surface area contributed by atoms with E-state index in [0.29, 0.717) is 18.4 Å². The Morgan fingerprint density at radius 2 is 1.88 bits per heavy atom. The number of methoxy groups -OCH3 is 1. The van der Waals surface area contributed by atoms with Crippen molar-refractivity contribution in [3.63, 3.8) is 0 Å². The molecule has 2 N–H and O–H groups in total. The zero-order valence-corrected chi connectivity index (χ0v) is 19.4. The Morgan fingerprint density at radius 1 is 1.18 bits per heavy atom. The number of Topliss-reactive ketones (excluding diaryl/α,β-unsaturated/α-hetero) is 1. The van der Waals surface area contributed by atoms with Crippen LogP contribution >= 0.6 is 0 Å². The number of halogens is 1. The van der Waals surface area contributed by atoms with Crippen molar-refractivity contribution in [3.8, 4) is 11.5 Å². The number of ketones is 1. The van der Waals surface area contributed by atoms with E-state index < -0.39 is 40.1 Å². The first-order valence-electron chi connectivity index (χ1n) is 10.2. The smallest absolute Gasteiger partial charge is 0.310 e. The number of rotatable bonds is 11. The number of hydrogen-bond acceptors (Lipinski definition) is 8. The fourth-order valence-electron chi connectivity index (χ4n) is 3.20. The molecule has 0 aromatic heterocycles. The van der Waals surface area contributed by atoms with E-state index in [0.717, 1.165) is 19.2 Å². The van der Waals surface area contributed by atoms with E-state index in [1.807, 2.05) is 6.92 Å². The molecule has 0 heterocycles. The molecule has 2 aromatic rings. The van der Waals surface area contributed by atoms with Gasteiger partial charge in [-0.25, -0.2) is 12.8 Å². The molecule has 180 valence electrons. The maximum absolute atomic E-state index is 14.2. The van der Waals surface area contributed by atoms with Gasteiger partial charge in [-0.2, -0.15) is 0 Å². The maximum Gasteiger partial charge on any atom is 0.310 e. The van der Waals surface area contributed by atoms with Crippen LogP contribution < -0.4 is 4.74 Å². The Hall–Kier alpha value is -2.98.